The van der Waals surface area contributed by atoms with E-state index in [9.17, 15) is 4.79 Å². The van der Waals surface area contributed by atoms with Crippen molar-refractivity contribution in [3.63, 3.8) is 0 Å². The Bertz CT molecular complexity index is 688. The molecule has 1 heterocycles. The van der Waals surface area contributed by atoms with Crippen LogP contribution in [0.2, 0.25) is 0 Å². The summed E-state index contributed by atoms with van der Waals surface area (Å²) in [4.78, 5) is 16.1. The summed E-state index contributed by atoms with van der Waals surface area (Å²) in [5.74, 6) is 2.73. The maximum absolute atomic E-state index is 11.7. The molecule has 5 nitrogen and oxygen atoms in total. The van der Waals surface area contributed by atoms with Gasteiger partial charge in [0, 0.05) is 0 Å². The summed E-state index contributed by atoms with van der Waals surface area (Å²) in [6, 6.07) is 9.52. The van der Waals surface area contributed by atoms with E-state index in [0.29, 0.717) is 5.82 Å². The SMILES string of the molecule is C#CCNC(=O)Cn1c(CC#N)nc2ccccc21. The highest BCUT2D eigenvalue weighted by molar-refractivity contribution is 5.81. The second-order valence-corrected chi connectivity index (χ2v) is 3.92. The highest BCUT2D eigenvalue weighted by atomic mass is 16.1. The molecule has 0 radical (unpaired) electrons. The molecule has 19 heavy (non-hydrogen) atoms. The molecule has 1 aromatic heterocycles. The highest BCUT2D eigenvalue weighted by Crippen LogP contribution is 2.16. The van der Waals surface area contributed by atoms with Crippen molar-refractivity contribution >= 4 is 16.9 Å². The highest BCUT2D eigenvalue weighted by Gasteiger charge is 2.12. The van der Waals surface area contributed by atoms with Crippen LogP contribution in [-0.4, -0.2) is 22.0 Å². The van der Waals surface area contributed by atoms with Crippen LogP contribution in [0.15, 0.2) is 24.3 Å². The van der Waals surface area contributed by atoms with Crippen LogP contribution in [0.1, 0.15) is 5.82 Å². The largest absolute Gasteiger partial charge is 0.344 e. The van der Waals surface area contributed by atoms with Crippen LogP contribution in [0.3, 0.4) is 0 Å². The third-order valence-corrected chi connectivity index (χ3v) is 2.66. The van der Waals surface area contributed by atoms with E-state index in [4.69, 9.17) is 11.7 Å². The molecule has 2 aromatic rings. The van der Waals surface area contributed by atoms with Crippen molar-refractivity contribution in [2.75, 3.05) is 6.54 Å². The molecule has 5 heteroatoms. The van der Waals surface area contributed by atoms with Gasteiger partial charge in [0.25, 0.3) is 0 Å². The van der Waals surface area contributed by atoms with Crippen molar-refractivity contribution in [2.24, 2.45) is 0 Å². The fourth-order valence-corrected chi connectivity index (χ4v) is 1.86. The summed E-state index contributed by atoms with van der Waals surface area (Å²) in [6.07, 6.45) is 5.26. The summed E-state index contributed by atoms with van der Waals surface area (Å²) < 4.78 is 1.74. The second-order valence-electron chi connectivity index (χ2n) is 3.92. The molecule has 0 unspecified atom stereocenters. The molecule has 0 aliphatic heterocycles. The molecule has 0 atom stereocenters. The van der Waals surface area contributed by atoms with Crippen molar-refractivity contribution in [1.29, 1.82) is 5.26 Å². The molecule has 0 saturated heterocycles. The zero-order valence-corrected chi connectivity index (χ0v) is 10.3. The average molecular weight is 252 g/mol. The van der Waals surface area contributed by atoms with Crippen molar-refractivity contribution in [2.45, 2.75) is 13.0 Å². The van der Waals surface area contributed by atoms with Crippen LogP contribution in [0.25, 0.3) is 11.0 Å². The van der Waals surface area contributed by atoms with Gasteiger partial charge in [-0.05, 0) is 12.1 Å². The van der Waals surface area contributed by atoms with Gasteiger partial charge in [0.1, 0.15) is 12.4 Å². The van der Waals surface area contributed by atoms with E-state index in [-0.39, 0.29) is 25.4 Å². The Morgan fingerprint density at radius 3 is 3.00 bits per heavy atom. The van der Waals surface area contributed by atoms with Gasteiger partial charge >= 0.3 is 0 Å². The number of carbonyl (C=O) groups excluding carboxylic acids is 1. The number of hydrogen-bond acceptors (Lipinski definition) is 3. The van der Waals surface area contributed by atoms with Crippen LogP contribution in [0, 0.1) is 23.7 Å². The molecule has 0 aliphatic carbocycles. The first-order valence-electron chi connectivity index (χ1n) is 5.77. The third kappa shape index (κ3) is 2.72. The zero-order chi connectivity index (χ0) is 13.7. The summed E-state index contributed by atoms with van der Waals surface area (Å²) in [5, 5.41) is 11.4. The lowest BCUT2D eigenvalue weighted by molar-refractivity contribution is -0.121. The maximum atomic E-state index is 11.7. The molecule has 1 N–H and O–H groups in total. The first kappa shape index (κ1) is 12.7. The van der Waals surface area contributed by atoms with E-state index >= 15 is 0 Å². The van der Waals surface area contributed by atoms with Gasteiger partial charge < -0.3 is 9.88 Å². The Labute approximate surface area is 110 Å². The van der Waals surface area contributed by atoms with E-state index < -0.39 is 0 Å². The average Bonchev–Trinajstić information content (AvgIpc) is 2.75. The summed E-state index contributed by atoms with van der Waals surface area (Å²) >= 11 is 0. The molecular formula is C14H12N4O. The molecule has 0 spiro atoms. The number of rotatable bonds is 4. The van der Waals surface area contributed by atoms with E-state index in [0.717, 1.165) is 11.0 Å². The van der Waals surface area contributed by atoms with Gasteiger partial charge in [-0.1, -0.05) is 18.1 Å². The normalized spacial score (nSPS) is 9.79. The van der Waals surface area contributed by atoms with Crippen molar-refractivity contribution in [3.8, 4) is 18.4 Å². The van der Waals surface area contributed by atoms with Gasteiger partial charge in [-0.15, -0.1) is 6.42 Å². The number of nitriles is 1. The number of nitrogens with one attached hydrogen (secondary N) is 1. The minimum Gasteiger partial charge on any atom is -0.344 e. The molecule has 2 rings (SSSR count). The Morgan fingerprint density at radius 1 is 1.47 bits per heavy atom. The molecule has 94 valence electrons. The number of fused-ring (bicyclic) bond motifs is 1. The summed E-state index contributed by atoms with van der Waals surface area (Å²) in [5.41, 5.74) is 1.61. The van der Waals surface area contributed by atoms with Crippen LogP contribution < -0.4 is 5.32 Å². The number of aromatic nitrogens is 2. The van der Waals surface area contributed by atoms with Crippen molar-refractivity contribution in [1.82, 2.24) is 14.9 Å². The van der Waals surface area contributed by atoms with Gasteiger partial charge in [-0.3, -0.25) is 4.79 Å². The lowest BCUT2D eigenvalue weighted by atomic mass is 10.3. The van der Waals surface area contributed by atoms with Crippen molar-refractivity contribution < 1.29 is 4.79 Å². The fourth-order valence-electron chi connectivity index (χ4n) is 1.86. The first-order chi connectivity index (χ1) is 9.26. The number of para-hydroxylation sites is 2. The molecular weight excluding hydrogens is 240 g/mol. The van der Waals surface area contributed by atoms with Crippen LogP contribution in [0.5, 0.6) is 0 Å². The third-order valence-electron chi connectivity index (χ3n) is 2.66. The van der Waals surface area contributed by atoms with Gasteiger partial charge in [-0.2, -0.15) is 5.26 Å². The van der Waals surface area contributed by atoms with Crippen LogP contribution >= 0.6 is 0 Å². The number of nitrogens with zero attached hydrogens (tertiary/aromatic N) is 3. The molecule has 1 aromatic carbocycles. The van der Waals surface area contributed by atoms with Gasteiger partial charge in [0.2, 0.25) is 5.91 Å². The minimum absolute atomic E-state index is 0.110. The topological polar surface area (TPSA) is 70.7 Å². The second kappa shape index (κ2) is 5.70. The molecule has 0 bridgehead atoms. The van der Waals surface area contributed by atoms with Gasteiger partial charge in [0.15, 0.2) is 0 Å². The smallest absolute Gasteiger partial charge is 0.240 e. The molecule has 0 saturated carbocycles. The maximum Gasteiger partial charge on any atom is 0.240 e. The molecule has 0 aliphatic rings. The molecule has 1 amide bonds. The standard InChI is InChI=1S/C14H12N4O/c1-2-9-16-14(19)10-18-12-6-4-3-5-11(12)17-13(18)7-8-15/h1,3-6H,7,9-10H2,(H,16,19). The number of terminal acetylenes is 1. The van der Waals surface area contributed by atoms with Crippen molar-refractivity contribution in [3.05, 3.63) is 30.1 Å². The minimum atomic E-state index is -0.194. The lowest BCUT2D eigenvalue weighted by Crippen LogP contribution is -2.28. The molecule has 0 fully saturated rings. The fraction of sp³-hybridized carbons (Fsp3) is 0.214. The Hall–Kier alpha value is -2.79. The number of hydrogen-bond donors (Lipinski definition) is 1. The van der Waals surface area contributed by atoms with Gasteiger partial charge in [0.05, 0.1) is 30.1 Å². The van der Waals surface area contributed by atoms with Crippen LogP contribution in [0.4, 0.5) is 0 Å². The number of carbonyl (C=O) groups is 1. The quantitative estimate of drug-likeness (QED) is 0.820. The van der Waals surface area contributed by atoms with E-state index in [2.05, 4.69) is 22.3 Å². The van der Waals surface area contributed by atoms with E-state index in [1.807, 2.05) is 24.3 Å². The Morgan fingerprint density at radius 2 is 2.26 bits per heavy atom. The zero-order valence-electron chi connectivity index (χ0n) is 10.3. The number of benzene rings is 1. The Kier molecular flexibility index (Phi) is 3.80. The van der Waals surface area contributed by atoms with E-state index in [1.54, 1.807) is 4.57 Å². The summed E-state index contributed by atoms with van der Waals surface area (Å²) in [6.45, 7) is 0.304. The van der Waals surface area contributed by atoms with Crippen LogP contribution in [-0.2, 0) is 17.8 Å². The Balaban J connectivity index is 2.34. The monoisotopic (exact) mass is 252 g/mol. The lowest BCUT2D eigenvalue weighted by Gasteiger charge is -2.07. The van der Waals surface area contributed by atoms with Gasteiger partial charge in [-0.25, -0.2) is 4.98 Å². The predicted molar refractivity (Wildman–Crippen MR) is 70.9 cm³/mol. The predicted octanol–water partition coefficient (Wildman–Crippen LogP) is 0.852. The van der Waals surface area contributed by atoms with E-state index in [1.165, 1.54) is 0 Å². The first-order valence-corrected chi connectivity index (χ1v) is 5.77. The number of imidazole rings is 1. The summed E-state index contributed by atoms with van der Waals surface area (Å²) in [7, 11) is 0. The number of amides is 1.